The second-order valence-corrected chi connectivity index (χ2v) is 7.24. The van der Waals surface area contributed by atoms with Crippen molar-refractivity contribution in [2.75, 3.05) is 11.1 Å². The predicted octanol–water partition coefficient (Wildman–Crippen LogP) is 2.22. The van der Waals surface area contributed by atoms with Crippen molar-refractivity contribution < 1.29 is 8.42 Å². The van der Waals surface area contributed by atoms with Crippen LogP contribution in [-0.4, -0.2) is 14.5 Å². The van der Waals surface area contributed by atoms with Crippen LogP contribution in [0, 0.1) is 12.8 Å². The third-order valence-electron chi connectivity index (χ3n) is 4.18. The third-order valence-corrected chi connectivity index (χ3v) is 5.22. The quantitative estimate of drug-likeness (QED) is 0.742. The molecule has 1 unspecified atom stereocenters. The lowest BCUT2D eigenvalue weighted by Gasteiger charge is -2.23. The monoisotopic (exact) mass is 297 g/mol. The number of primary sulfonamides is 1. The minimum atomic E-state index is -3.75. The van der Waals surface area contributed by atoms with Gasteiger partial charge in [0.25, 0.3) is 0 Å². The number of anilines is 2. The third kappa shape index (κ3) is 3.24. The van der Waals surface area contributed by atoms with Crippen molar-refractivity contribution in [1.82, 2.24) is 0 Å². The molecule has 5 nitrogen and oxygen atoms in total. The summed E-state index contributed by atoms with van der Waals surface area (Å²) in [7, 11) is -3.75. The van der Waals surface area contributed by atoms with Gasteiger partial charge in [0, 0.05) is 17.4 Å². The Morgan fingerprint density at radius 1 is 1.30 bits per heavy atom. The topological polar surface area (TPSA) is 98.2 Å². The molecule has 0 aliphatic heterocycles. The van der Waals surface area contributed by atoms with E-state index in [1.165, 1.54) is 31.7 Å². The highest BCUT2D eigenvalue weighted by molar-refractivity contribution is 7.89. The van der Waals surface area contributed by atoms with Crippen molar-refractivity contribution >= 4 is 21.4 Å². The SMILES string of the molecule is Cc1c(NC(C)C2CCCC2)cc(N)cc1S(N)(=O)=O. The highest BCUT2D eigenvalue weighted by Gasteiger charge is 2.23. The number of sulfonamides is 1. The van der Waals surface area contributed by atoms with Crippen LogP contribution in [0.15, 0.2) is 17.0 Å². The maximum atomic E-state index is 11.6. The summed E-state index contributed by atoms with van der Waals surface area (Å²) in [5, 5.41) is 8.64. The van der Waals surface area contributed by atoms with Crippen molar-refractivity contribution in [3.05, 3.63) is 17.7 Å². The second-order valence-electron chi connectivity index (χ2n) is 5.71. The summed E-state index contributed by atoms with van der Waals surface area (Å²) >= 11 is 0. The molecule has 0 amide bonds. The van der Waals surface area contributed by atoms with Gasteiger partial charge in [0.1, 0.15) is 0 Å². The van der Waals surface area contributed by atoms with Crippen LogP contribution in [-0.2, 0) is 10.0 Å². The first-order chi connectivity index (χ1) is 9.29. The van der Waals surface area contributed by atoms with Crippen LogP contribution in [0.25, 0.3) is 0 Å². The van der Waals surface area contributed by atoms with Gasteiger partial charge in [0.05, 0.1) is 4.90 Å². The van der Waals surface area contributed by atoms with E-state index in [0.717, 1.165) is 5.69 Å². The summed E-state index contributed by atoms with van der Waals surface area (Å²) in [6, 6.07) is 3.48. The number of benzene rings is 1. The molecule has 0 saturated heterocycles. The van der Waals surface area contributed by atoms with Gasteiger partial charge in [-0.05, 0) is 50.3 Å². The number of nitrogens with one attached hydrogen (secondary N) is 1. The molecule has 0 heterocycles. The Morgan fingerprint density at radius 2 is 1.90 bits per heavy atom. The summed E-state index contributed by atoms with van der Waals surface area (Å²) in [5.41, 5.74) is 7.59. The second kappa shape index (κ2) is 5.61. The molecule has 2 rings (SSSR count). The van der Waals surface area contributed by atoms with Crippen molar-refractivity contribution in [3.63, 3.8) is 0 Å². The molecule has 5 N–H and O–H groups in total. The smallest absolute Gasteiger partial charge is 0.238 e. The van der Waals surface area contributed by atoms with Gasteiger partial charge in [-0.25, -0.2) is 13.6 Å². The Bertz CT molecular complexity index is 593. The molecule has 6 heteroatoms. The zero-order valence-electron chi connectivity index (χ0n) is 12.0. The number of nitrogens with two attached hydrogens (primary N) is 2. The summed E-state index contributed by atoms with van der Waals surface area (Å²) in [5.74, 6) is 0.633. The van der Waals surface area contributed by atoms with E-state index in [4.69, 9.17) is 10.9 Å². The van der Waals surface area contributed by atoms with E-state index in [1.807, 2.05) is 0 Å². The lowest BCUT2D eigenvalue weighted by molar-refractivity contribution is 0.482. The molecule has 1 saturated carbocycles. The first kappa shape index (κ1) is 15.1. The van der Waals surface area contributed by atoms with Crippen molar-refractivity contribution in [1.29, 1.82) is 0 Å². The molecule has 0 radical (unpaired) electrons. The Hall–Kier alpha value is -1.27. The van der Waals surface area contributed by atoms with Crippen molar-refractivity contribution in [3.8, 4) is 0 Å². The lowest BCUT2D eigenvalue weighted by atomic mass is 9.99. The Kier molecular flexibility index (Phi) is 4.25. The lowest BCUT2D eigenvalue weighted by Crippen LogP contribution is -2.25. The van der Waals surface area contributed by atoms with E-state index in [-0.39, 0.29) is 4.90 Å². The zero-order valence-corrected chi connectivity index (χ0v) is 12.8. The standard InChI is InChI=1S/C14H23N3O2S/c1-9-13(17-10(2)11-5-3-4-6-11)7-12(15)8-14(9)20(16,18)19/h7-8,10-11,17H,3-6,15H2,1-2H3,(H2,16,18,19). The zero-order chi connectivity index (χ0) is 14.9. The minimum absolute atomic E-state index is 0.0959. The number of hydrogen-bond donors (Lipinski definition) is 3. The molecule has 1 aromatic rings. The predicted molar refractivity (Wildman–Crippen MR) is 82.0 cm³/mol. The molecular formula is C14H23N3O2S. The van der Waals surface area contributed by atoms with Crippen LogP contribution in [0.2, 0.25) is 0 Å². The molecule has 0 aromatic heterocycles. The van der Waals surface area contributed by atoms with Crippen LogP contribution >= 0.6 is 0 Å². The van der Waals surface area contributed by atoms with Gasteiger partial charge in [0.2, 0.25) is 10.0 Å². The summed E-state index contributed by atoms with van der Waals surface area (Å²) in [6.45, 7) is 3.89. The molecule has 1 aliphatic carbocycles. The largest absolute Gasteiger partial charge is 0.399 e. The van der Waals surface area contributed by atoms with Gasteiger partial charge >= 0.3 is 0 Å². The fourth-order valence-electron chi connectivity index (χ4n) is 2.97. The summed E-state index contributed by atoms with van der Waals surface area (Å²) < 4.78 is 23.2. The molecule has 20 heavy (non-hydrogen) atoms. The highest BCUT2D eigenvalue weighted by atomic mass is 32.2. The molecule has 0 spiro atoms. The van der Waals surface area contributed by atoms with Crippen molar-refractivity contribution in [2.45, 2.75) is 50.5 Å². The molecule has 1 aliphatic rings. The van der Waals surface area contributed by atoms with E-state index in [1.54, 1.807) is 13.0 Å². The van der Waals surface area contributed by atoms with Gasteiger partial charge in [-0.1, -0.05) is 12.8 Å². The Balaban J connectivity index is 2.30. The van der Waals surface area contributed by atoms with Crippen LogP contribution in [0.5, 0.6) is 0 Å². The minimum Gasteiger partial charge on any atom is -0.399 e. The van der Waals surface area contributed by atoms with Gasteiger partial charge < -0.3 is 11.1 Å². The Morgan fingerprint density at radius 3 is 2.45 bits per heavy atom. The van der Waals surface area contributed by atoms with Crippen molar-refractivity contribution in [2.24, 2.45) is 11.1 Å². The van der Waals surface area contributed by atoms with E-state index < -0.39 is 10.0 Å². The molecular weight excluding hydrogens is 274 g/mol. The maximum Gasteiger partial charge on any atom is 0.238 e. The first-order valence-corrected chi connectivity index (χ1v) is 8.53. The van der Waals surface area contributed by atoms with E-state index in [2.05, 4.69) is 12.2 Å². The molecule has 1 aromatic carbocycles. The van der Waals surface area contributed by atoms with Gasteiger partial charge in [0.15, 0.2) is 0 Å². The highest BCUT2D eigenvalue weighted by Crippen LogP contribution is 2.32. The molecule has 0 bridgehead atoms. The van der Waals surface area contributed by atoms with Crippen LogP contribution in [0.4, 0.5) is 11.4 Å². The summed E-state index contributed by atoms with van der Waals surface area (Å²) in [6.07, 6.45) is 4.99. The number of nitrogen functional groups attached to an aromatic ring is 1. The molecule has 1 fully saturated rings. The van der Waals surface area contributed by atoms with Crippen LogP contribution in [0.3, 0.4) is 0 Å². The normalized spacial score (nSPS) is 18.1. The maximum absolute atomic E-state index is 11.6. The fourth-order valence-corrected chi connectivity index (χ4v) is 3.81. The number of rotatable bonds is 4. The van der Waals surface area contributed by atoms with Gasteiger partial charge in [-0.3, -0.25) is 0 Å². The van der Waals surface area contributed by atoms with E-state index in [0.29, 0.717) is 23.2 Å². The molecule has 112 valence electrons. The fraction of sp³-hybridized carbons (Fsp3) is 0.571. The van der Waals surface area contributed by atoms with Crippen LogP contribution < -0.4 is 16.2 Å². The average molecular weight is 297 g/mol. The van der Waals surface area contributed by atoms with Crippen LogP contribution in [0.1, 0.15) is 38.2 Å². The Labute approximate surface area is 120 Å². The van der Waals surface area contributed by atoms with Gasteiger partial charge in [-0.2, -0.15) is 0 Å². The molecule has 1 atom stereocenters. The first-order valence-electron chi connectivity index (χ1n) is 6.98. The number of hydrogen-bond acceptors (Lipinski definition) is 4. The van der Waals surface area contributed by atoms with E-state index >= 15 is 0 Å². The summed E-state index contributed by atoms with van der Waals surface area (Å²) in [4.78, 5) is 0.0959. The van der Waals surface area contributed by atoms with E-state index in [9.17, 15) is 8.42 Å². The average Bonchev–Trinajstić information content (AvgIpc) is 2.85. The van der Waals surface area contributed by atoms with Gasteiger partial charge in [-0.15, -0.1) is 0 Å².